The first kappa shape index (κ1) is 25.3. The van der Waals surface area contributed by atoms with Crippen LogP contribution in [0.15, 0.2) is 18.2 Å². The van der Waals surface area contributed by atoms with Crippen LogP contribution in [-0.4, -0.2) is 54.8 Å². The molecular formula is C19H29N2O9P. The normalized spacial score (nSPS) is 22.9. The highest BCUT2D eigenvalue weighted by atomic mass is 31.2. The summed E-state index contributed by atoms with van der Waals surface area (Å²) in [4.78, 5) is 23.8. The van der Waals surface area contributed by atoms with E-state index < -0.39 is 50.3 Å². The Morgan fingerprint density at radius 1 is 1.29 bits per heavy atom. The summed E-state index contributed by atoms with van der Waals surface area (Å²) < 4.78 is 40.5. The highest BCUT2D eigenvalue weighted by Gasteiger charge is 2.47. The number of carbonyl (C=O) groups is 2. The third-order valence-electron chi connectivity index (χ3n) is 4.64. The van der Waals surface area contributed by atoms with Gasteiger partial charge in [0.25, 0.3) is 5.91 Å². The van der Waals surface area contributed by atoms with E-state index in [0.29, 0.717) is 5.75 Å². The van der Waals surface area contributed by atoms with Gasteiger partial charge >= 0.3 is 13.7 Å². The topological polar surface area (TPSA) is 142 Å². The molecule has 1 heterocycles. The minimum atomic E-state index is -4.15. The first-order chi connectivity index (χ1) is 14.4. The van der Waals surface area contributed by atoms with Gasteiger partial charge in [0, 0.05) is 0 Å². The summed E-state index contributed by atoms with van der Waals surface area (Å²) in [5.74, 6) is -2.37. The van der Waals surface area contributed by atoms with Gasteiger partial charge in [-0.3, -0.25) is 19.3 Å². The second-order valence-electron chi connectivity index (χ2n) is 7.53. The van der Waals surface area contributed by atoms with Crippen molar-refractivity contribution in [1.29, 1.82) is 0 Å². The summed E-state index contributed by atoms with van der Waals surface area (Å²) in [6.07, 6.45) is -2.22. The van der Waals surface area contributed by atoms with Gasteiger partial charge in [0.1, 0.15) is 17.9 Å². The van der Waals surface area contributed by atoms with Crippen LogP contribution in [0.3, 0.4) is 0 Å². The van der Waals surface area contributed by atoms with Crippen LogP contribution in [0.1, 0.15) is 31.9 Å². The van der Waals surface area contributed by atoms with Crippen LogP contribution in [0, 0.1) is 13.8 Å². The smallest absolute Gasteiger partial charge is 0.459 e. The summed E-state index contributed by atoms with van der Waals surface area (Å²) >= 11 is 0. The first-order valence-corrected chi connectivity index (χ1v) is 11.1. The second kappa shape index (κ2) is 10.1. The van der Waals surface area contributed by atoms with Crippen molar-refractivity contribution < 1.29 is 42.6 Å². The van der Waals surface area contributed by atoms with Gasteiger partial charge in [0.05, 0.1) is 13.7 Å². The number of ether oxygens (including phenoxy) is 3. The van der Waals surface area contributed by atoms with E-state index in [0.717, 1.165) is 11.1 Å². The molecule has 174 valence electrons. The van der Waals surface area contributed by atoms with Crippen LogP contribution < -0.4 is 15.1 Å². The number of benzene rings is 1. The molecule has 0 aromatic heterocycles. The molecule has 1 aliphatic heterocycles. The highest BCUT2D eigenvalue weighted by molar-refractivity contribution is 7.52. The number of hydroxylamine groups is 1. The summed E-state index contributed by atoms with van der Waals surface area (Å²) in [6.45, 7) is 7.85. The first-order valence-electron chi connectivity index (χ1n) is 9.57. The lowest BCUT2D eigenvalue weighted by Crippen LogP contribution is -2.42. The van der Waals surface area contributed by atoms with Crippen LogP contribution in [0.25, 0.3) is 0 Å². The maximum absolute atomic E-state index is 13.5. The van der Waals surface area contributed by atoms with Crippen LogP contribution in [0.5, 0.6) is 5.75 Å². The van der Waals surface area contributed by atoms with Crippen LogP contribution in [0.4, 0.5) is 0 Å². The predicted octanol–water partition coefficient (Wildman–Crippen LogP) is 1.98. The molecule has 0 aliphatic carbocycles. The molecule has 31 heavy (non-hydrogen) atoms. The molecule has 0 saturated carbocycles. The van der Waals surface area contributed by atoms with E-state index in [9.17, 15) is 14.2 Å². The van der Waals surface area contributed by atoms with Gasteiger partial charge in [0.2, 0.25) is 0 Å². The van der Waals surface area contributed by atoms with E-state index in [2.05, 4.69) is 9.82 Å². The van der Waals surface area contributed by atoms with Gasteiger partial charge in [-0.2, -0.15) is 5.09 Å². The molecular weight excluding hydrogens is 431 g/mol. The van der Waals surface area contributed by atoms with Crippen molar-refractivity contribution in [3.63, 3.8) is 0 Å². The van der Waals surface area contributed by atoms with Gasteiger partial charge in [-0.05, 0) is 51.8 Å². The summed E-state index contributed by atoms with van der Waals surface area (Å²) in [5.41, 5.74) is 3.14. The Balaban J connectivity index is 2.25. The number of nitrogens with one attached hydrogen (secondary N) is 2. The SMILES string of the molecule is COC(=O)[C@H](C)NP(=O)(OC[C@H]1OC(C)(C)O[C@H]1C(=O)NO)Oc1cccc(C)c1C. The number of amides is 1. The van der Waals surface area contributed by atoms with Crippen LogP contribution in [0.2, 0.25) is 0 Å². The van der Waals surface area contributed by atoms with Crippen molar-refractivity contribution in [3.05, 3.63) is 29.3 Å². The summed E-state index contributed by atoms with van der Waals surface area (Å²) in [6, 6.07) is 4.18. The minimum absolute atomic E-state index is 0.293. The molecule has 1 unspecified atom stereocenters. The molecule has 0 bridgehead atoms. The zero-order valence-electron chi connectivity index (χ0n) is 18.3. The standard InChI is InChI=1S/C19H29N2O9P/c1-11-8-7-9-14(12(11)2)30-31(25,21-13(3)18(23)26-6)27-10-15-16(17(22)20-24)29-19(4,5)28-15/h7-9,13,15-16,24H,10H2,1-6H3,(H,20,22)(H,21,25)/t13-,15+,16+,31?/m0/s1. The lowest BCUT2D eigenvalue weighted by Gasteiger charge is -2.25. The van der Waals surface area contributed by atoms with E-state index in [1.807, 2.05) is 13.0 Å². The molecule has 1 aliphatic rings. The average Bonchev–Trinajstić information content (AvgIpc) is 3.03. The zero-order valence-corrected chi connectivity index (χ0v) is 19.2. The number of hydrogen-bond acceptors (Lipinski definition) is 9. The van der Waals surface area contributed by atoms with Gasteiger partial charge in [-0.25, -0.2) is 10.0 Å². The Bertz CT molecular complexity index is 861. The molecule has 2 rings (SSSR count). The third kappa shape index (κ3) is 6.49. The maximum atomic E-state index is 13.5. The van der Waals surface area contributed by atoms with E-state index in [1.54, 1.807) is 32.9 Å². The van der Waals surface area contributed by atoms with Gasteiger partial charge in [-0.1, -0.05) is 12.1 Å². The maximum Gasteiger partial charge on any atom is 0.459 e. The number of aryl methyl sites for hydroxylation is 1. The largest absolute Gasteiger partial charge is 0.468 e. The average molecular weight is 460 g/mol. The lowest BCUT2D eigenvalue weighted by molar-refractivity contribution is -0.160. The Morgan fingerprint density at radius 3 is 2.58 bits per heavy atom. The summed E-state index contributed by atoms with van der Waals surface area (Å²) in [7, 11) is -2.96. The number of carbonyl (C=O) groups excluding carboxylic acids is 2. The molecule has 1 saturated heterocycles. The molecule has 11 nitrogen and oxygen atoms in total. The van der Waals surface area contributed by atoms with Crippen molar-refractivity contribution in [1.82, 2.24) is 10.6 Å². The quantitative estimate of drug-likeness (QED) is 0.217. The van der Waals surface area contributed by atoms with Gasteiger partial charge in [-0.15, -0.1) is 0 Å². The van der Waals surface area contributed by atoms with E-state index >= 15 is 0 Å². The number of rotatable bonds is 9. The monoisotopic (exact) mass is 460 g/mol. The molecule has 12 heteroatoms. The highest BCUT2D eigenvalue weighted by Crippen LogP contribution is 2.47. The Morgan fingerprint density at radius 2 is 1.97 bits per heavy atom. The van der Waals surface area contributed by atoms with Gasteiger partial charge < -0.3 is 18.7 Å². The number of methoxy groups -OCH3 is 1. The van der Waals surface area contributed by atoms with Crippen LogP contribution in [-0.2, 0) is 32.9 Å². The minimum Gasteiger partial charge on any atom is -0.468 e. The van der Waals surface area contributed by atoms with Crippen molar-refractivity contribution in [2.24, 2.45) is 0 Å². The van der Waals surface area contributed by atoms with E-state index in [-0.39, 0.29) is 0 Å². The Kier molecular flexibility index (Phi) is 8.21. The fourth-order valence-corrected chi connectivity index (χ4v) is 4.48. The number of hydrogen-bond donors (Lipinski definition) is 3. The molecule has 1 aromatic carbocycles. The summed E-state index contributed by atoms with van der Waals surface area (Å²) in [5, 5.41) is 11.5. The van der Waals surface area contributed by atoms with Crippen molar-refractivity contribution in [2.75, 3.05) is 13.7 Å². The fourth-order valence-electron chi connectivity index (χ4n) is 2.92. The molecule has 0 spiro atoms. The molecule has 0 radical (unpaired) electrons. The molecule has 1 amide bonds. The van der Waals surface area contributed by atoms with E-state index in [4.69, 9.17) is 23.7 Å². The lowest BCUT2D eigenvalue weighted by atomic mass is 10.1. The predicted molar refractivity (Wildman–Crippen MR) is 108 cm³/mol. The van der Waals surface area contributed by atoms with Crippen molar-refractivity contribution in [2.45, 2.75) is 58.7 Å². The third-order valence-corrected chi connectivity index (χ3v) is 6.27. The van der Waals surface area contributed by atoms with E-state index in [1.165, 1.54) is 19.5 Å². The van der Waals surface area contributed by atoms with Crippen LogP contribution >= 0.6 is 7.75 Å². The molecule has 1 aromatic rings. The Labute approximate surface area is 180 Å². The number of esters is 1. The Hall–Kier alpha value is -2.01. The molecule has 4 atom stereocenters. The van der Waals surface area contributed by atoms with Gasteiger partial charge in [0.15, 0.2) is 11.9 Å². The fraction of sp³-hybridized carbons (Fsp3) is 0.579. The zero-order chi connectivity index (χ0) is 23.4. The second-order valence-corrected chi connectivity index (χ2v) is 9.22. The molecule has 1 fully saturated rings. The van der Waals surface area contributed by atoms with Crippen molar-refractivity contribution in [3.8, 4) is 5.75 Å². The van der Waals surface area contributed by atoms with Crippen molar-refractivity contribution >= 4 is 19.6 Å². The molecule has 3 N–H and O–H groups in total.